The summed E-state index contributed by atoms with van der Waals surface area (Å²) in [5, 5.41) is 0.576. The Morgan fingerprint density at radius 2 is 2.17 bits per heavy atom. The molecule has 1 aromatic heterocycles. The average Bonchev–Trinajstić information content (AvgIpc) is 2.39. The van der Waals surface area contributed by atoms with Crippen molar-refractivity contribution >= 4 is 11.6 Å². The zero-order valence-electron chi connectivity index (χ0n) is 10.1. The minimum atomic E-state index is -0.348. The standard InChI is InChI=1S/C14H15ClN2O/c1-2-18-11-6-3-5-10(9-11)13(16)14-12(15)7-4-8-17-14/h3-9,13H,2,16H2,1H3. The molecule has 2 rings (SSSR count). The fraction of sp³-hybridized carbons (Fsp3) is 0.214. The Labute approximate surface area is 112 Å². The maximum absolute atomic E-state index is 6.18. The van der Waals surface area contributed by atoms with Gasteiger partial charge in [-0.05, 0) is 36.8 Å². The van der Waals surface area contributed by atoms with Crippen molar-refractivity contribution in [3.05, 3.63) is 58.9 Å². The van der Waals surface area contributed by atoms with E-state index < -0.39 is 0 Å². The SMILES string of the molecule is CCOc1cccc(C(N)c2ncccc2Cl)c1. The van der Waals surface area contributed by atoms with E-state index in [1.807, 2.05) is 31.2 Å². The van der Waals surface area contributed by atoms with Crippen LogP contribution in [0.3, 0.4) is 0 Å². The van der Waals surface area contributed by atoms with Crippen molar-refractivity contribution in [1.82, 2.24) is 4.98 Å². The predicted molar refractivity (Wildman–Crippen MR) is 72.9 cm³/mol. The summed E-state index contributed by atoms with van der Waals surface area (Å²) < 4.78 is 5.45. The quantitative estimate of drug-likeness (QED) is 0.921. The van der Waals surface area contributed by atoms with Gasteiger partial charge in [0.05, 0.1) is 23.4 Å². The molecule has 18 heavy (non-hydrogen) atoms. The van der Waals surface area contributed by atoms with Crippen LogP contribution in [0.15, 0.2) is 42.6 Å². The molecule has 2 aromatic rings. The van der Waals surface area contributed by atoms with E-state index in [0.29, 0.717) is 17.3 Å². The maximum atomic E-state index is 6.18. The summed E-state index contributed by atoms with van der Waals surface area (Å²) in [4.78, 5) is 4.23. The van der Waals surface area contributed by atoms with E-state index in [9.17, 15) is 0 Å². The third-order valence-corrected chi connectivity index (χ3v) is 2.93. The second-order valence-corrected chi connectivity index (χ2v) is 4.26. The number of halogens is 1. The molecule has 0 aliphatic rings. The molecule has 2 N–H and O–H groups in total. The van der Waals surface area contributed by atoms with Gasteiger partial charge in [0.2, 0.25) is 0 Å². The van der Waals surface area contributed by atoms with E-state index in [1.165, 1.54) is 0 Å². The molecular weight excluding hydrogens is 248 g/mol. The molecule has 0 aliphatic carbocycles. The lowest BCUT2D eigenvalue weighted by Gasteiger charge is -2.14. The van der Waals surface area contributed by atoms with Gasteiger partial charge < -0.3 is 10.5 Å². The molecule has 4 heteroatoms. The van der Waals surface area contributed by atoms with Gasteiger partial charge in [0.1, 0.15) is 5.75 Å². The Hall–Kier alpha value is -1.58. The topological polar surface area (TPSA) is 48.1 Å². The van der Waals surface area contributed by atoms with Gasteiger partial charge in [-0.25, -0.2) is 0 Å². The van der Waals surface area contributed by atoms with Crippen LogP contribution in [-0.2, 0) is 0 Å². The van der Waals surface area contributed by atoms with Gasteiger partial charge >= 0.3 is 0 Å². The monoisotopic (exact) mass is 262 g/mol. The Morgan fingerprint density at radius 3 is 2.89 bits per heavy atom. The van der Waals surface area contributed by atoms with Crippen LogP contribution in [-0.4, -0.2) is 11.6 Å². The van der Waals surface area contributed by atoms with Crippen molar-refractivity contribution in [2.24, 2.45) is 5.73 Å². The van der Waals surface area contributed by atoms with Crippen molar-refractivity contribution in [2.75, 3.05) is 6.61 Å². The van der Waals surface area contributed by atoms with E-state index in [-0.39, 0.29) is 6.04 Å². The first kappa shape index (κ1) is 12.9. The highest BCUT2D eigenvalue weighted by atomic mass is 35.5. The number of ether oxygens (including phenoxy) is 1. The third-order valence-electron chi connectivity index (χ3n) is 2.61. The van der Waals surface area contributed by atoms with Gasteiger partial charge in [-0.3, -0.25) is 4.98 Å². The Bertz CT molecular complexity index is 531. The molecule has 0 radical (unpaired) electrons. The normalized spacial score (nSPS) is 12.2. The number of aromatic nitrogens is 1. The maximum Gasteiger partial charge on any atom is 0.119 e. The van der Waals surface area contributed by atoms with Gasteiger partial charge in [-0.2, -0.15) is 0 Å². The van der Waals surface area contributed by atoms with Crippen molar-refractivity contribution in [3.8, 4) is 5.75 Å². The number of hydrogen-bond donors (Lipinski definition) is 1. The average molecular weight is 263 g/mol. The minimum absolute atomic E-state index is 0.348. The summed E-state index contributed by atoms with van der Waals surface area (Å²) in [6.07, 6.45) is 1.69. The fourth-order valence-corrected chi connectivity index (χ4v) is 1.99. The number of pyridine rings is 1. The molecule has 0 spiro atoms. The van der Waals surface area contributed by atoms with Gasteiger partial charge in [0.25, 0.3) is 0 Å². The summed E-state index contributed by atoms with van der Waals surface area (Å²) in [6, 6.07) is 10.9. The summed E-state index contributed by atoms with van der Waals surface area (Å²) in [5.41, 5.74) is 7.79. The van der Waals surface area contributed by atoms with E-state index in [1.54, 1.807) is 18.3 Å². The van der Waals surface area contributed by atoms with Gasteiger partial charge in [0, 0.05) is 6.20 Å². The van der Waals surface area contributed by atoms with Gasteiger partial charge in [-0.15, -0.1) is 0 Å². The van der Waals surface area contributed by atoms with Crippen molar-refractivity contribution < 1.29 is 4.74 Å². The van der Waals surface area contributed by atoms with E-state index in [0.717, 1.165) is 11.3 Å². The summed E-state index contributed by atoms with van der Waals surface area (Å²) in [6.45, 7) is 2.57. The molecular formula is C14H15ClN2O. The molecule has 1 unspecified atom stereocenters. The van der Waals surface area contributed by atoms with Crippen LogP contribution >= 0.6 is 11.6 Å². The van der Waals surface area contributed by atoms with E-state index in [2.05, 4.69) is 4.98 Å². The molecule has 94 valence electrons. The molecule has 0 fully saturated rings. The summed E-state index contributed by atoms with van der Waals surface area (Å²) in [5.74, 6) is 0.803. The molecule has 0 amide bonds. The number of nitrogens with zero attached hydrogens (tertiary/aromatic N) is 1. The highest BCUT2D eigenvalue weighted by molar-refractivity contribution is 6.31. The largest absolute Gasteiger partial charge is 0.494 e. The second-order valence-electron chi connectivity index (χ2n) is 3.85. The van der Waals surface area contributed by atoms with Crippen LogP contribution in [0.4, 0.5) is 0 Å². The molecule has 1 aromatic carbocycles. The number of rotatable bonds is 4. The van der Waals surface area contributed by atoms with Crippen LogP contribution in [0.5, 0.6) is 5.75 Å². The fourth-order valence-electron chi connectivity index (χ4n) is 1.75. The smallest absolute Gasteiger partial charge is 0.119 e. The van der Waals surface area contributed by atoms with Crippen LogP contribution in [0.1, 0.15) is 24.2 Å². The Morgan fingerprint density at radius 1 is 1.33 bits per heavy atom. The number of benzene rings is 1. The molecule has 0 saturated carbocycles. The zero-order chi connectivity index (χ0) is 13.0. The van der Waals surface area contributed by atoms with Gasteiger partial charge in [0.15, 0.2) is 0 Å². The lowest BCUT2D eigenvalue weighted by molar-refractivity contribution is 0.340. The lowest BCUT2D eigenvalue weighted by atomic mass is 10.0. The van der Waals surface area contributed by atoms with Crippen molar-refractivity contribution in [1.29, 1.82) is 0 Å². The van der Waals surface area contributed by atoms with E-state index >= 15 is 0 Å². The van der Waals surface area contributed by atoms with Crippen LogP contribution < -0.4 is 10.5 Å². The highest BCUT2D eigenvalue weighted by Crippen LogP contribution is 2.26. The third kappa shape index (κ3) is 2.81. The molecule has 0 bridgehead atoms. The lowest BCUT2D eigenvalue weighted by Crippen LogP contribution is -2.14. The molecule has 0 aliphatic heterocycles. The Balaban J connectivity index is 2.31. The number of nitrogens with two attached hydrogens (primary N) is 1. The van der Waals surface area contributed by atoms with Crippen molar-refractivity contribution in [3.63, 3.8) is 0 Å². The second kappa shape index (κ2) is 5.85. The number of hydrogen-bond acceptors (Lipinski definition) is 3. The van der Waals surface area contributed by atoms with Gasteiger partial charge in [-0.1, -0.05) is 23.7 Å². The summed E-state index contributed by atoms with van der Waals surface area (Å²) >= 11 is 6.10. The zero-order valence-corrected chi connectivity index (χ0v) is 10.9. The highest BCUT2D eigenvalue weighted by Gasteiger charge is 2.14. The molecule has 3 nitrogen and oxygen atoms in total. The van der Waals surface area contributed by atoms with E-state index in [4.69, 9.17) is 22.1 Å². The van der Waals surface area contributed by atoms with Crippen LogP contribution in [0, 0.1) is 0 Å². The minimum Gasteiger partial charge on any atom is -0.494 e. The molecule has 1 atom stereocenters. The first-order valence-electron chi connectivity index (χ1n) is 5.81. The summed E-state index contributed by atoms with van der Waals surface area (Å²) in [7, 11) is 0. The predicted octanol–water partition coefficient (Wildman–Crippen LogP) is 3.18. The molecule has 0 saturated heterocycles. The molecule has 1 heterocycles. The first-order chi connectivity index (χ1) is 8.72. The van der Waals surface area contributed by atoms with Crippen LogP contribution in [0.2, 0.25) is 5.02 Å². The van der Waals surface area contributed by atoms with Crippen molar-refractivity contribution in [2.45, 2.75) is 13.0 Å². The first-order valence-corrected chi connectivity index (χ1v) is 6.19. The van der Waals surface area contributed by atoms with Crippen LogP contribution in [0.25, 0.3) is 0 Å². The Kier molecular flexibility index (Phi) is 4.18.